The number of aryl methyl sites for hydroxylation is 1. The summed E-state index contributed by atoms with van der Waals surface area (Å²) in [5, 5.41) is 7.39. The number of nitrogens with zero attached hydrogens (tertiary/aromatic N) is 2. The van der Waals surface area contributed by atoms with Gasteiger partial charge in [0, 0.05) is 35.4 Å². The zero-order chi connectivity index (χ0) is 19.3. The van der Waals surface area contributed by atoms with Crippen LogP contribution in [0.25, 0.3) is 10.9 Å². The van der Waals surface area contributed by atoms with Gasteiger partial charge in [-0.25, -0.2) is 9.97 Å². The number of anilines is 2. The summed E-state index contributed by atoms with van der Waals surface area (Å²) in [6.45, 7) is 2.66. The van der Waals surface area contributed by atoms with E-state index >= 15 is 0 Å². The van der Waals surface area contributed by atoms with Crippen LogP contribution in [0.15, 0.2) is 67.1 Å². The number of carbonyl (C=O) groups excluding carboxylic acids is 1. The lowest BCUT2D eigenvalue weighted by Gasteiger charge is -2.09. The number of H-pyrrole nitrogens is 1. The first-order valence-electron chi connectivity index (χ1n) is 9.18. The third kappa shape index (κ3) is 3.86. The molecule has 0 unspecified atom stereocenters. The largest absolute Gasteiger partial charge is 0.370 e. The van der Waals surface area contributed by atoms with Crippen LogP contribution in [0.2, 0.25) is 0 Å². The normalized spacial score (nSPS) is 10.8. The summed E-state index contributed by atoms with van der Waals surface area (Å²) in [5.41, 5.74) is 4.49. The van der Waals surface area contributed by atoms with Crippen LogP contribution >= 0.6 is 0 Å². The van der Waals surface area contributed by atoms with E-state index in [1.807, 2.05) is 49.5 Å². The molecular formula is C22H21N5O. The number of nitrogens with one attached hydrogen (secondary N) is 3. The lowest BCUT2D eigenvalue weighted by molar-refractivity contribution is 0.102. The molecule has 140 valence electrons. The summed E-state index contributed by atoms with van der Waals surface area (Å²) in [4.78, 5) is 24.1. The van der Waals surface area contributed by atoms with E-state index in [1.54, 1.807) is 6.07 Å². The van der Waals surface area contributed by atoms with Crippen molar-refractivity contribution in [3.05, 3.63) is 83.9 Å². The van der Waals surface area contributed by atoms with E-state index in [4.69, 9.17) is 0 Å². The van der Waals surface area contributed by atoms with Crippen LogP contribution in [-0.2, 0) is 6.42 Å². The monoisotopic (exact) mass is 371 g/mol. The SMILES string of the molecule is Cc1ccccc1NC(=O)c1cc(NCCc2c[nH]c3ccccc23)ncn1. The van der Waals surface area contributed by atoms with Crippen LogP contribution in [0.1, 0.15) is 21.6 Å². The second kappa shape index (κ2) is 7.92. The zero-order valence-corrected chi connectivity index (χ0v) is 15.6. The minimum absolute atomic E-state index is 0.253. The maximum atomic E-state index is 12.5. The molecule has 3 N–H and O–H groups in total. The van der Waals surface area contributed by atoms with E-state index in [1.165, 1.54) is 17.3 Å². The number of benzene rings is 2. The highest BCUT2D eigenvalue weighted by molar-refractivity contribution is 6.03. The van der Waals surface area contributed by atoms with Crippen molar-refractivity contribution in [3.63, 3.8) is 0 Å². The molecule has 0 atom stereocenters. The fourth-order valence-electron chi connectivity index (χ4n) is 3.14. The molecule has 0 bridgehead atoms. The van der Waals surface area contributed by atoms with E-state index in [2.05, 4.69) is 37.7 Å². The van der Waals surface area contributed by atoms with Crippen molar-refractivity contribution in [3.8, 4) is 0 Å². The third-order valence-corrected chi connectivity index (χ3v) is 4.67. The Labute approximate surface area is 163 Å². The summed E-state index contributed by atoms with van der Waals surface area (Å²) in [6, 6.07) is 17.6. The number of amides is 1. The molecule has 0 aliphatic rings. The highest BCUT2D eigenvalue weighted by atomic mass is 16.1. The van der Waals surface area contributed by atoms with Crippen molar-refractivity contribution in [2.24, 2.45) is 0 Å². The molecule has 2 aromatic heterocycles. The van der Waals surface area contributed by atoms with Crippen LogP contribution < -0.4 is 10.6 Å². The standard InChI is InChI=1S/C22H21N5O/c1-15-6-2-4-8-18(15)27-22(28)20-12-21(26-14-25-20)23-11-10-16-13-24-19-9-5-3-7-17(16)19/h2-9,12-14,24H,10-11H2,1H3,(H,27,28)(H,23,25,26). The predicted molar refractivity (Wildman–Crippen MR) is 112 cm³/mol. The van der Waals surface area contributed by atoms with Gasteiger partial charge in [-0.1, -0.05) is 36.4 Å². The fourth-order valence-corrected chi connectivity index (χ4v) is 3.14. The Balaban J connectivity index is 1.39. The van der Waals surface area contributed by atoms with Gasteiger partial charge in [-0.3, -0.25) is 4.79 Å². The smallest absolute Gasteiger partial charge is 0.274 e. The van der Waals surface area contributed by atoms with Gasteiger partial charge in [0.15, 0.2) is 0 Å². The minimum Gasteiger partial charge on any atom is -0.370 e. The number of fused-ring (bicyclic) bond motifs is 1. The summed E-state index contributed by atoms with van der Waals surface area (Å²) >= 11 is 0. The van der Waals surface area contributed by atoms with Crippen molar-refractivity contribution in [2.45, 2.75) is 13.3 Å². The summed E-state index contributed by atoms with van der Waals surface area (Å²) in [7, 11) is 0. The number of hydrogen-bond acceptors (Lipinski definition) is 4. The van der Waals surface area contributed by atoms with E-state index in [9.17, 15) is 4.79 Å². The zero-order valence-electron chi connectivity index (χ0n) is 15.6. The molecule has 28 heavy (non-hydrogen) atoms. The number of para-hydroxylation sites is 2. The number of aromatic nitrogens is 3. The first kappa shape index (κ1) is 17.7. The van der Waals surface area contributed by atoms with E-state index in [0.717, 1.165) is 23.2 Å². The van der Waals surface area contributed by atoms with Crippen LogP contribution in [0, 0.1) is 6.92 Å². The van der Waals surface area contributed by atoms with Gasteiger partial charge in [-0.15, -0.1) is 0 Å². The van der Waals surface area contributed by atoms with Crippen molar-refractivity contribution in [1.29, 1.82) is 0 Å². The first-order valence-corrected chi connectivity index (χ1v) is 9.18. The molecule has 0 saturated heterocycles. The average Bonchev–Trinajstić information content (AvgIpc) is 3.13. The molecule has 2 aromatic carbocycles. The van der Waals surface area contributed by atoms with Crippen LogP contribution in [0.3, 0.4) is 0 Å². The lowest BCUT2D eigenvalue weighted by Crippen LogP contribution is -2.15. The molecule has 2 heterocycles. The minimum atomic E-state index is -0.253. The van der Waals surface area contributed by atoms with Gasteiger partial charge in [-0.05, 0) is 36.6 Å². The lowest BCUT2D eigenvalue weighted by atomic mass is 10.1. The number of rotatable bonds is 6. The maximum Gasteiger partial charge on any atom is 0.274 e. The van der Waals surface area contributed by atoms with Gasteiger partial charge in [-0.2, -0.15) is 0 Å². The topological polar surface area (TPSA) is 82.7 Å². The Hall–Kier alpha value is -3.67. The Bertz CT molecular complexity index is 1120. The van der Waals surface area contributed by atoms with Gasteiger partial charge < -0.3 is 15.6 Å². The van der Waals surface area contributed by atoms with Crippen LogP contribution in [0.5, 0.6) is 0 Å². The van der Waals surface area contributed by atoms with E-state index in [-0.39, 0.29) is 5.91 Å². The Morgan fingerprint density at radius 2 is 1.89 bits per heavy atom. The van der Waals surface area contributed by atoms with Crippen LogP contribution in [0.4, 0.5) is 11.5 Å². The quantitative estimate of drug-likeness (QED) is 0.475. The summed E-state index contributed by atoms with van der Waals surface area (Å²) < 4.78 is 0. The Morgan fingerprint density at radius 1 is 1.07 bits per heavy atom. The van der Waals surface area contributed by atoms with Gasteiger partial charge in [0.1, 0.15) is 17.8 Å². The molecular weight excluding hydrogens is 350 g/mol. The third-order valence-electron chi connectivity index (χ3n) is 4.67. The van der Waals surface area contributed by atoms with Gasteiger partial charge >= 0.3 is 0 Å². The molecule has 0 spiro atoms. The molecule has 0 aliphatic heterocycles. The average molecular weight is 371 g/mol. The number of aromatic amines is 1. The van der Waals surface area contributed by atoms with E-state index in [0.29, 0.717) is 18.1 Å². The van der Waals surface area contributed by atoms with Crippen molar-refractivity contribution < 1.29 is 4.79 Å². The molecule has 0 fully saturated rings. The van der Waals surface area contributed by atoms with Crippen molar-refractivity contribution in [2.75, 3.05) is 17.2 Å². The van der Waals surface area contributed by atoms with Crippen molar-refractivity contribution >= 4 is 28.3 Å². The molecule has 6 nitrogen and oxygen atoms in total. The number of hydrogen-bond donors (Lipinski definition) is 3. The molecule has 0 aliphatic carbocycles. The second-order valence-electron chi connectivity index (χ2n) is 6.59. The fraction of sp³-hybridized carbons (Fsp3) is 0.136. The van der Waals surface area contributed by atoms with Gasteiger partial charge in [0.2, 0.25) is 0 Å². The maximum absolute atomic E-state index is 12.5. The van der Waals surface area contributed by atoms with Crippen LogP contribution in [-0.4, -0.2) is 27.4 Å². The van der Waals surface area contributed by atoms with E-state index < -0.39 is 0 Å². The highest BCUT2D eigenvalue weighted by Gasteiger charge is 2.10. The molecule has 4 aromatic rings. The second-order valence-corrected chi connectivity index (χ2v) is 6.59. The molecule has 1 amide bonds. The Morgan fingerprint density at radius 3 is 2.79 bits per heavy atom. The molecule has 6 heteroatoms. The van der Waals surface area contributed by atoms with Gasteiger partial charge in [0.05, 0.1) is 0 Å². The number of carbonyl (C=O) groups is 1. The Kier molecular flexibility index (Phi) is 5.01. The predicted octanol–water partition coefficient (Wildman–Crippen LogP) is 4.17. The molecule has 0 saturated carbocycles. The molecule has 0 radical (unpaired) electrons. The first-order chi connectivity index (χ1) is 13.7. The highest BCUT2D eigenvalue weighted by Crippen LogP contribution is 2.18. The molecule has 4 rings (SSSR count). The summed E-state index contributed by atoms with van der Waals surface area (Å²) in [5.74, 6) is 0.376. The summed E-state index contributed by atoms with van der Waals surface area (Å²) in [6.07, 6.45) is 4.28. The van der Waals surface area contributed by atoms with Crippen molar-refractivity contribution in [1.82, 2.24) is 15.0 Å². The van der Waals surface area contributed by atoms with Gasteiger partial charge in [0.25, 0.3) is 5.91 Å².